The van der Waals surface area contributed by atoms with E-state index in [1.54, 1.807) is 0 Å². The second kappa shape index (κ2) is 7.19. The molecule has 1 aliphatic rings. The van der Waals surface area contributed by atoms with Crippen molar-refractivity contribution in [2.24, 2.45) is 16.2 Å². The maximum Gasteiger partial charge on any atom is 0.306 e. The van der Waals surface area contributed by atoms with Crippen LogP contribution >= 0.6 is 0 Å². The predicted octanol–water partition coefficient (Wildman–Crippen LogP) is 5.09. The maximum absolute atomic E-state index is 12.7. The third-order valence-electron chi connectivity index (χ3n) is 4.32. The number of esters is 1. The van der Waals surface area contributed by atoms with E-state index < -0.39 is 0 Å². The molecule has 1 rings (SSSR count). The smallest absolute Gasteiger partial charge is 0.306 e. The Morgan fingerprint density at radius 3 is 2.30 bits per heavy atom. The Morgan fingerprint density at radius 1 is 1.17 bits per heavy atom. The third kappa shape index (κ3) is 6.48. The van der Waals surface area contributed by atoms with Crippen molar-refractivity contribution in [1.29, 1.82) is 0 Å². The van der Waals surface area contributed by atoms with Gasteiger partial charge < -0.3 is 4.74 Å². The largest absolute Gasteiger partial charge is 0.458 e. The van der Waals surface area contributed by atoms with Gasteiger partial charge in [-0.25, -0.2) is 0 Å². The van der Waals surface area contributed by atoms with E-state index in [0.717, 1.165) is 25.7 Å². The Kier molecular flexibility index (Phi) is 6.23. The van der Waals surface area contributed by atoms with Crippen LogP contribution in [0.5, 0.6) is 0 Å². The van der Waals surface area contributed by atoms with Gasteiger partial charge in [0, 0.05) is 10.8 Å². The molecule has 0 aliphatic heterocycles. The van der Waals surface area contributed by atoms with Gasteiger partial charge in [0.1, 0.15) is 11.9 Å². The van der Waals surface area contributed by atoms with Gasteiger partial charge in [-0.2, -0.15) is 0 Å². The first-order valence-corrected chi connectivity index (χ1v) is 8.75. The molecule has 0 amide bonds. The van der Waals surface area contributed by atoms with Crippen LogP contribution in [-0.4, -0.2) is 17.9 Å². The number of hydrogen-bond donors (Lipinski definition) is 0. The molecule has 0 aromatic rings. The van der Waals surface area contributed by atoms with E-state index in [4.69, 9.17) is 4.74 Å². The fraction of sp³-hybridized carbons (Fsp3) is 0.800. The molecule has 2 unspecified atom stereocenters. The van der Waals surface area contributed by atoms with Gasteiger partial charge in [-0.1, -0.05) is 54.5 Å². The summed E-state index contributed by atoms with van der Waals surface area (Å²) in [4.78, 5) is 24.7. The van der Waals surface area contributed by atoms with E-state index in [2.05, 4.69) is 6.92 Å². The number of hydrogen-bond acceptors (Lipinski definition) is 3. The van der Waals surface area contributed by atoms with Crippen LogP contribution < -0.4 is 0 Å². The highest BCUT2D eigenvalue weighted by atomic mass is 16.5. The Hall–Kier alpha value is -1.12. The van der Waals surface area contributed by atoms with Gasteiger partial charge in [-0.15, -0.1) is 0 Å². The first-order valence-electron chi connectivity index (χ1n) is 8.75. The summed E-state index contributed by atoms with van der Waals surface area (Å²) in [6.07, 6.45) is 7.52. The van der Waals surface area contributed by atoms with Crippen molar-refractivity contribution < 1.29 is 14.3 Å². The topological polar surface area (TPSA) is 43.4 Å². The highest BCUT2D eigenvalue weighted by Crippen LogP contribution is 2.38. The van der Waals surface area contributed by atoms with Crippen molar-refractivity contribution in [1.82, 2.24) is 0 Å². The van der Waals surface area contributed by atoms with Gasteiger partial charge in [0.15, 0.2) is 0 Å². The minimum atomic E-state index is -0.319. The van der Waals surface area contributed by atoms with E-state index in [9.17, 15) is 9.59 Å². The summed E-state index contributed by atoms with van der Waals surface area (Å²) in [5, 5.41) is 0. The SMILES string of the molecule is CC(C)(C)CC(=O)OC1/C=C/CC(C)(C(=O)C(C)(C)C)CCC1. The summed E-state index contributed by atoms with van der Waals surface area (Å²) < 4.78 is 5.59. The number of Topliss-reactive ketones (excluding diaryl/α,β-unsaturated/α-hetero) is 1. The normalized spacial score (nSPS) is 27.7. The molecule has 0 heterocycles. The fourth-order valence-corrected chi connectivity index (χ4v) is 3.22. The van der Waals surface area contributed by atoms with E-state index in [0.29, 0.717) is 12.2 Å². The molecule has 0 N–H and O–H groups in total. The van der Waals surface area contributed by atoms with Crippen molar-refractivity contribution in [3.05, 3.63) is 12.2 Å². The van der Waals surface area contributed by atoms with Crippen LogP contribution in [0.1, 0.15) is 80.6 Å². The summed E-state index contributed by atoms with van der Waals surface area (Å²) in [5.74, 6) is 0.180. The average Bonchev–Trinajstić information content (AvgIpc) is 2.31. The molecule has 0 bridgehead atoms. The molecule has 3 heteroatoms. The summed E-state index contributed by atoms with van der Waals surface area (Å²) in [7, 11) is 0. The lowest BCUT2D eigenvalue weighted by atomic mass is 9.68. The van der Waals surface area contributed by atoms with E-state index >= 15 is 0 Å². The highest BCUT2D eigenvalue weighted by Gasteiger charge is 2.39. The van der Waals surface area contributed by atoms with Crippen LogP contribution in [0, 0.1) is 16.2 Å². The lowest BCUT2D eigenvalue weighted by molar-refractivity contribution is -0.149. The lowest BCUT2D eigenvalue weighted by Crippen LogP contribution is -2.37. The lowest BCUT2D eigenvalue weighted by Gasteiger charge is -2.35. The Labute approximate surface area is 141 Å². The molecule has 0 spiro atoms. The Morgan fingerprint density at radius 2 is 1.78 bits per heavy atom. The van der Waals surface area contributed by atoms with Crippen molar-refractivity contribution in [3.63, 3.8) is 0 Å². The molecule has 0 aromatic heterocycles. The quantitative estimate of drug-likeness (QED) is 0.537. The molecule has 0 saturated carbocycles. The minimum Gasteiger partial charge on any atom is -0.458 e. The number of ether oxygens (including phenoxy) is 1. The number of carbonyl (C=O) groups excluding carboxylic acids is 2. The van der Waals surface area contributed by atoms with Crippen molar-refractivity contribution in [2.75, 3.05) is 0 Å². The van der Waals surface area contributed by atoms with Gasteiger partial charge in [0.05, 0.1) is 6.42 Å². The standard InChI is InChI=1S/C20H34O3/c1-18(2,3)14-16(21)23-15-10-8-12-20(7,13-9-11-15)17(22)19(4,5)6/h8,10,15H,9,11-14H2,1-7H3/b10-8+. The molecule has 2 atom stereocenters. The van der Waals surface area contributed by atoms with Gasteiger partial charge in [-0.05, 0) is 37.2 Å². The van der Waals surface area contributed by atoms with Gasteiger partial charge >= 0.3 is 5.97 Å². The number of rotatable bonds is 3. The highest BCUT2D eigenvalue weighted by molar-refractivity contribution is 5.89. The van der Waals surface area contributed by atoms with Crippen LogP contribution in [0.15, 0.2) is 12.2 Å². The predicted molar refractivity (Wildman–Crippen MR) is 94.1 cm³/mol. The van der Waals surface area contributed by atoms with Crippen LogP contribution in [0.3, 0.4) is 0 Å². The molecule has 0 aromatic carbocycles. The zero-order chi connectivity index (χ0) is 17.9. The zero-order valence-electron chi connectivity index (χ0n) is 16.0. The van der Waals surface area contributed by atoms with Crippen LogP contribution in [0.2, 0.25) is 0 Å². The van der Waals surface area contributed by atoms with E-state index in [1.165, 1.54) is 0 Å². The molecule has 0 saturated heterocycles. The molecular weight excluding hydrogens is 288 g/mol. The molecular formula is C20H34O3. The second-order valence-electron chi connectivity index (χ2n) is 9.43. The van der Waals surface area contributed by atoms with Crippen LogP contribution in [0.4, 0.5) is 0 Å². The third-order valence-corrected chi connectivity index (χ3v) is 4.32. The monoisotopic (exact) mass is 322 g/mol. The number of ketones is 1. The molecule has 0 radical (unpaired) electrons. The van der Waals surface area contributed by atoms with Crippen molar-refractivity contribution >= 4 is 11.8 Å². The maximum atomic E-state index is 12.7. The number of carbonyl (C=O) groups is 2. The summed E-state index contributed by atoms with van der Waals surface area (Å²) >= 11 is 0. The van der Waals surface area contributed by atoms with E-state index in [1.807, 2.05) is 53.7 Å². The van der Waals surface area contributed by atoms with Crippen molar-refractivity contribution in [2.45, 2.75) is 86.7 Å². The fourth-order valence-electron chi connectivity index (χ4n) is 3.22. The minimum absolute atomic E-state index is 0.0554. The first-order chi connectivity index (χ1) is 10.3. The van der Waals surface area contributed by atoms with Gasteiger partial charge in [0.2, 0.25) is 0 Å². The summed E-state index contributed by atoms with van der Waals surface area (Å²) in [6.45, 7) is 14.1. The van der Waals surface area contributed by atoms with Gasteiger partial charge in [-0.3, -0.25) is 9.59 Å². The Balaban J connectivity index is 2.69. The van der Waals surface area contributed by atoms with Crippen molar-refractivity contribution in [3.8, 4) is 0 Å². The van der Waals surface area contributed by atoms with Gasteiger partial charge in [0.25, 0.3) is 0 Å². The summed E-state index contributed by atoms with van der Waals surface area (Å²) in [5.41, 5.74) is -0.685. The second-order valence-corrected chi connectivity index (χ2v) is 9.43. The number of allylic oxidation sites excluding steroid dienone is 1. The Bertz CT molecular complexity index is 462. The molecule has 3 nitrogen and oxygen atoms in total. The molecule has 23 heavy (non-hydrogen) atoms. The average molecular weight is 322 g/mol. The molecule has 0 fully saturated rings. The van der Waals surface area contributed by atoms with Crippen LogP contribution in [-0.2, 0) is 14.3 Å². The van der Waals surface area contributed by atoms with E-state index in [-0.39, 0.29) is 28.3 Å². The summed E-state index contributed by atoms with van der Waals surface area (Å²) in [6, 6.07) is 0. The molecule has 1 aliphatic carbocycles. The zero-order valence-corrected chi connectivity index (χ0v) is 16.0. The first kappa shape index (κ1) is 19.9. The van der Waals surface area contributed by atoms with Crippen LogP contribution in [0.25, 0.3) is 0 Å². The molecule has 132 valence electrons.